The quantitative estimate of drug-likeness (QED) is 0.173. The molecule has 0 saturated carbocycles. The van der Waals surface area contributed by atoms with Crippen LogP contribution in [0, 0.1) is 0 Å². The molecule has 5 nitrogen and oxygen atoms in total. The maximum atomic E-state index is 6.66. The summed E-state index contributed by atoms with van der Waals surface area (Å²) in [5.74, 6) is 3.11. The Kier molecular flexibility index (Phi) is 6.32. The van der Waals surface area contributed by atoms with Gasteiger partial charge in [0.2, 0.25) is 0 Å². The second kappa shape index (κ2) is 11.4. The Bertz CT molecular complexity index is 3000. The van der Waals surface area contributed by atoms with Gasteiger partial charge < -0.3 is 15.4 Å². The number of ether oxygens (including phenoxy) is 1. The van der Waals surface area contributed by atoms with Crippen LogP contribution in [-0.4, -0.2) is 9.55 Å². The van der Waals surface area contributed by atoms with E-state index in [0.29, 0.717) is 5.92 Å². The summed E-state index contributed by atoms with van der Waals surface area (Å²) in [6.45, 7) is 0. The third-order valence-corrected chi connectivity index (χ3v) is 12.1. The van der Waals surface area contributed by atoms with Crippen LogP contribution in [0.4, 0.5) is 22.7 Å². The number of para-hydroxylation sites is 4. The van der Waals surface area contributed by atoms with Gasteiger partial charge in [0.15, 0.2) is 0 Å². The number of fused-ring (bicyclic) bond motifs is 10. The Morgan fingerprint density at radius 3 is 1.95 bits per heavy atom. The molecule has 3 aliphatic rings. The number of hydrogen-bond acceptors (Lipinski definition) is 4. The van der Waals surface area contributed by atoms with Gasteiger partial charge in [-0.15, -0.1) is 0 Å². The molecule has 2 N–H and O–H groups in total. The van der Waals surface area contributed by atoms with Gasteiger partial charge in [-0.05, 0) is 88.5 Å². The average Bonchev–Trinajstić information content (AvgIpc) is 3.65. The Morgan fingerprint density at radius 2 is 1.13 bits per heavy atom. The number of aromatic nitrogens is 2. The Labute approximate surface area is 318 Å². The summed E-state index contributed by atoms with van der Waals surface area (Å²) >= 11 is 0. The number of nitrogens with zero attached hydrogens (tertiary/aromatic N) is 2. The van der Waals surface area contributed by atoms with Crippen molar-refractivity contribution in [3.63, 3.8) is 0 Å². The molecule has 0 fully saturated rings. The molecule has 5 heteroatoms. The fourth-order valence-corrected chi connectivity index (χ4v) is 10.1. The third-order valence-electron chi connectivity index (χ3n) is 12.1. The fourth-order valence-electron chi connectivity index (χ4n) is 10.1. The van der Waals surface area contributed by atoms with Crippen molar-refractivity contribution in [2.75, 3.05) is 10.6 Å². The molecule has 1 spiro atoms. The van der Waals surface area contributed by atoms with Gasteiger partial charge in [0.05, 0.1) is 22.4 Å². The van der Waals surface area contributed by atoms with Crippen LogP contribution in [0.25, 0.3) is 27.6 Å². The number of rotatable bonds is 7. The van der Waals surface area contributed by atoms with E-state index in [1.165, 1.54) is 44.2 Å². The van der Waals surface area contributed by atoms with E-state index < -0.39 is 0 Å². The summed E-state index contributed by atoms with van der Waals surface area (Å²) in [5.41, 5.74) is 14.7. The summed E-state index contributed by atoms with van der Waals surface area (Å²) in [6.07, 6.45) is 2.02. The Balaban J connectivity index is 0.946. The van der Waals surface area contributed by atoms with Gasteiger partial charge in [-0.2, -0.15) is 0 Å². The first kappa shape index (κ1) is 30.4. The number of nitrogens with one attached hydrogen (secondary N) is 2. The molecule has 0 bridgehead atoms. The molecular weight excluding hydrogens is 673 g/mol. The van der Waals surface area contributed by atoms with Crippen LogP contribution in [-0.2, 0) is 5.41 Å². The molecule has 2 heterocycles. The maximum absolute atomic E-state index is 6.66. The van der Waals surface area contributed by atoms with Crippen LogP contribution in [0.15, 0.2) is 182 Å². The van der Waals surface area contributed by atoms with E-state index in [1.54, 1.807) is 0 Å². The molecule has 260 valence electrons. The van der Waals surface area contributed by atoms with Gasteiger partial charge in [0.25, 0.3) is 0 Å². The van der Waals surface area contributed by atoms with Gasteiger partial charge >= 0.3 is 0 Å². The first-order valence-corrected chi connectivity index (χ1v) is 18.9. The van der Waals surface area contributed by atoms with Crippen LogP contribution in [0.3, 0.4) is 0 Å². The fraction of sp³-hybridized carbons (Fsp3) is 0.0600. The van der Waals surface area contributed by atoms with E-state index in [1.807, 2.05) is 54.7 Å². The average molecular weight is 707 g/mol. The molecule has 9 aromatic rings. The summed E-state index contributed by atoms with van der Waals surface area (Å²) < 4.78 is 9.05. The molecule has 3 unspecified atom stereocenters. The van der Waals surface area contributed by atoms with E-state index in [0.717, 1.165) is 51.1 Å². The zero-order valence-corrected chi connectivity index (χ0v) is 29.8. The zero-order chi connectivity index (χ0) is 36.1. The van der Waals surface area contributed by atoms with Crippen molar-refractivity contribution in [1.82, 2.24) is 9.55 Å². The molecular formula is C50H34N4O. The monoisotopic (exact) mass is 706 g/mol. The largest absolute Gasteiger partial charge is 0.457 e. The molecule has 0 amide bonds. The van der Waals surface area contributed by atoms with Crippen molar-refractivity contribution in [3.8, 4) is 17.3 Å². The lowest BCUT2D eigenvalue weighted by Crippen LogP contribution is -2.52. The van der Waals surface area contributed by atoms with Crippen LogP contribution in [0.5, 0.6) is 11.5 Å². The third kappa shape index (κ3) is 4.21. The minimum absolute atomic E-state index is 0.0302. The van der Waals surface area contributed by atoms with Crippen molar-refractivity contribution >= 4 is 44.6 Å². The van der Waals surface area contributed by atoms with Crippen LogP contribution < -0.4 is 15.4 Å². The zero-order valence-electron chi connectivity index (χ0n) is 29.8. The van der Waals surface area contributed by atoms with Crippen molar-refractivity contribution in [2.45, 2.75) is 17.3 Å². The normalized spacial score (nSPS) is 18.3. The molecule has 0 radical (unpaired) electrons. The Hall–Kier alpha value is -7.11. The number of anilines is 4. The second-order valence-corrected chi connectivity index (χ2v) is 14.9. The van der Waals surface area contributed by atoms with Gasteiger partial charge in [-0.3, -0.25) is 4.57 Å². The minimum atomic E-state index is -0.0302. The Morgan fingerprint density at radius 1 is 0.491 bits per heavy atom. The highest BCUT2D eigenvalue weighted by Crippen LogP contribution is 2.77. The van der Waals surface area contributed by atoms with Crippen LogP contribution in [0.2, 0.25) is 0 Å². The smallest absolute Gasteiger partial charge is 0.141 e. The van der Waals surface area contributed by atoms with E-state index in [4.69, 9.17) is 9.72 Å². The van der Waals surface area contributed by atoms with E-state index >= 15 is 0 Å². The summed E-state index contributed by atoms with van der Waals surface area (Å²) in [5, 5.41) is 9.51. The van der Waals surface area contributed by atoms with Crippen LogP contribution >= 0.6 is 0 Å². The first-order chi connectivity index (χ1) is 27.3. The molecule has 0 saturated heterocycles. The summed E-state index contributed by atoms with van der Waals surface area (Å²) in [4.78, 5) is 5.25. The number of benzene rings is 7. The summed E-state index contributed by atoms with van der Waals surface area (Å²) in [6, 6.07) is 62.1. The lowest BCUT2D eigenvalue weighted by atomic mass is 9.43. The minimum Gasteiger partial charge on any atom is -0.457 e. The highest BCUT2D eigenvalue weighted by atomic mass is 16.5. The van der Waals surface area contributed by atoms with E-state index in [9.17, 15) is 0 Å². The van der Waals surface area contributed by atoms with Gasteiger partial charge in [-0.25, -0.2) is 4.98 Å². The molecule has 3 aliphatic carbocycles. The molecule has 55 heavy (non-hydrogen) atoms. The molecule has 0 aliphatic heterocycles. The highest BCUT2D eigenvalue weighted by Gasteiger charge is 2.70. The SMILES string of the molecule is c1ccc(Nc2ccccc2Nc2cccc(Oc3ccc4c5ccccc5n(-c5nccc6c5C5c7ccccc7C57c5ccccc5C67)c4c3)c2)cc1. The van der Waals surface area contributed by atoms with Crippen molar-refractivity contribution in [1.29, 1.82) is 0 Å². The number of hydrogen-bond donors (Lipinski definition) is 2. The highest BCUT2D eigenvalue weighted by molar-refractivity contribution is 6.09. The molecule has 2 aromatic heterocycles. The van der Waals surface area contributed by atoms with Crippen molar-refractivity contribution < 1.29 is 4.74 Å². The number of pyridine rings is 1. The standard InChI is InChI=1S/C50H34N4O/c1-2-13-31(14-3-1)52-42-22-9-10-23-43(42)53-32-15-12-16-33(29-32)55-34-25-26-36-35-17-6-11-24-44(35)54(45(36)30-34)49-46-39(27-28-51-49)47-37-18-4-7-20-40(37)50(47)41-21-8-5-19-38(41)48(46)50/h1-30,47-48,52-53H. The molecule has 12 rings (SSSR count). The summed E-state index contributed by atoms with van der Waals surface area (Å²) in [7, 11) is 0. The second-order valence-electron chi connectivity index (χ2n) is 14.9. The molecule has 7 aromatic carbocycles. The topological polar surface area (TPSA) is 51.1 Å². The van der Waals surface area contributed by atoms with Gasteiger partial charge in [-0.1, -0.05) is 103 Å². The van der Waals surface area contributed by atoms with Gasteiger partial charge in [0, 0.05) is 63.3 Å². The predicted molar refractivity (Wildman–Crippen MR) is 222 cm³/mol. The lowest BCUT2D eigenvalue weighted by molar-refractivity contribution is 0.332. The van der Waals surface area contributed by atoms with E-state index in [2.05, 4.69) is 143 Å². The van der Waals surface area contributed by atoms with Crippen molar-refractivity contribution in [2.24, 2.45) is 0 Å². The van der Waals surface area contributed by atoms with Crippen LogP contribution in [0.1, 0.15) is 45.2 Å². The van der Waals surface area contributed by atoms with Crippen molar-refractivity contribution in [3.05, 3.63) is 216 Å². The van der Waals surface area contributed by atoms with Gasteiger partial charge in [0.1, 0.15) is 17.3 Å². The first-order valence-electron chi connectivity index (χ1n) is 18.9. The van der Waals surface area contributed by atoms with E-state index in [-0.39, 0.29) is 11.3 Å². The maximum Gasteiger partial charge on any atom is 0.141 e. The predicted octanol–water partition coefficient (Wildman–Crippen LogP) is 12.3. The lowest BCUT2D eigenvalue weighted by Gasteiger charge is -2.58. The molecule has 3 atom stereocenters.